The number of hydrogen-bond donors (Lipinski definition) is 2. The lowest BCUT2D eigenvalue weighted by Crippen LogP contribution is -2.13. The van der Waals surface area contributed by atoms with E-state index in [1.807, 2.05) is 62.4 Å². The minimum absolute atomic E-state index is 0.519. The topological polar surface area (TPSA) is 69.3 Å². The lowest BCUT2D eigenvalue weighted by molar-refractivity contribution is 0.0814. The number of nitrogens with zero attached hydrogens (tertiary/aromatic N) is 3. The van der Waals surface area contributed by atoms with Gasteiger partial charge in [0.15, 0.2) is 5.72 Å². The molecule has 2 aromatic carbocycles. The van der Waals surface area contributed by atoms with Gasteiger partial charge in [-0.2, -0.15) is 15.3 Å². The van der Waals surface area contributed by atoms with Gasteiger partial charge in [-0.25, -0.2) is 0 Å². The molecule has 5 heteroatoms. The fourth-order valence-corrected chi connectivity index (χ4v) is 1.76. The molecule has 134 valence electrons. The molecule has 0 aliphatic rings. The molecule has 0 radical (unpaired) electrons. The summed E-state index contributed by atoms with van der Waals surface area (Å²) < 4.78 is 0. The van der Waals surface area contributed by atoms with Gasteiger partial charge < -0.3 is 10.5 Å². The van der Waals surface area contributed by atoms with E-state index in [2.05, 4.69) is 32.9 Å². The second-order valence-electron chi connectivity index (χ2n) is 6.26. The van der Waals surface area contributed by atoms with Crippen LogP contribution in [0.5, 0.6) is 0 Å². The molecular formula is C20H28N4O. The van der Waals surface area contributed by atoms with E-state index in [0.717, 1.165) is 17.8 Å². The van der Waals surface area contributed by atoms with Crippen LogP contribution in [-0.2, 0) is 13.1 Å². The summed E-state index contributed by atoms with van der Waals surface area (Å²) in [5.41, 5.74) is 5.32. The van der Waals surface area contributed by atoms with Crippen LogP contribution < -0.4 is 5.43 Å². The Hall–Kier alpha value is -2.53. The van der Waals surface area contributed by atoms with Crippen molar-refractivity contribution in [3.63, 3.8) is 0 Å². The molecule has 0 aromatic heterocycles. The van der Waals surface area contributed by atoms with Crippen LogP contribution in [0, 0.1) is 0 Å². The molecule has 0 heterocycles. The number of azo groups is 1. The second-order valence-corrected chi connectivity index (χ2v) is 6.26. The first kappa shape index (κ1) is 20.5. The first-order valence-corrected chi connectivity index (χ1v) is 8.29. The molecular weight excluding hydrogens is 312 g/mol. The van der Waals surface area contributed by atoms with Crippen LogP contribution in [-0.4, -0.2) is 16.5 Å². The van der Waals surface area contributed by atoms with Crippen molar-refractivity contribution in [3.8, 4) is 0 Å². The van der Waals surface area contributed by atoms with Gasteiger partial charge in [-0.15, -0.1) is 0 Å². The zero-order chi connectivity index (χ0) is 18.5. The van der Waals surface area contributed by atoms with Crippen molar-refractivity contribution < 1.29 is 5.11 Å². The number of aliphatic hydroxyl groups is 1. The molecule has 0 spiro atoms. The molecule has 0 atom stereocenters. The van der Waals surface area contributed by atoms with Gasteiger partial charge in [-0.1, -0.05) is 60.7 Å². The number of nitrogens with one attached hydrogen (secondary N) is 1. The molecule has 0 saturated carbocycles. The average Bonchev–Trinajstić information content (AvgIpc) is 2.56. The van der Waals surface area contributed by atoms with Crippen molar-refractivity contribution in [2.24, 2.45) is 15.3 Å². The SMILES string of the molecule is CC(C)(O)N=NCc1ccccc1.CC(C)=NNCc1ccccc1. The summed E-state index contributed by atoms with van der Waals surface area (Å²) in [5, 5.41) is 20.9. The van der Waals surface area contributed by atoms with E-state index < -0.39 is 5.72 Å². The van der Waals surface area contributed by atoms with Gasteiger partial charge in [0.1, 0.15) is 0 Å². The van der Waals surface area contributed by atoms with Crippen molar-refractivity contribution in [1.82, 2.24) is 5.43 Å². The van der Waals surface area contributed by atoms with Gasteiger partial charge >= 0.3 is 0 Å². The zero-order valence-electron chi connectivity index (χ0n) is 15.5. The van der Waals surface area contributed by atoms with Gasteiger partial charge in [-0.05, 0) is 38.8 Å². The minimum atomic E-state index is -1.06. The molecule has 2 N–H and O–H groups in total. The van der Waals surface area contributed by atoms with Crippen LogP contribution in [0.1, 0.15) is 38.8 Å². The smallest absolute Gasteiger partial charge is 0.170 e. The predicted octanol–water partition coefficient (Wildman–Crippen LogP) is 4.54. The normalized spacial score (nSPS) is 10.8. The van der Waals surface area contributed by atoms with E-state index in [9.17, 15) is 5.11 Å². The molecule has 5 nitrogen and oxygen atoms in total. The highest BCUT2D eigenvalue weighted by Crippen LogP contribution is 2.06. The highest BCUT2D eigenvalue weighted by Gasteiger charge is 2.08. The summed E-state index contributed by atoms with van der Waals surface area (Å²) >= 11 is 0. The fraction of sp³-hybridized carbons (Fsp3) is 0.350. The van der Waals surface area contributed by atoms with Gasteiger partial charge in [0.25, 0.3) is 0 Å². The van der Waals surface area contributed by atoms with Crippen LogP contribution in [0.4, 0.5) is 0 Å². The van der Waals surface area contributed by atoms with Crippen molar-refractivity contribution >= 4 is 5.71 Å². The third-order valence-corrected chi connectivity index (χ3v) is 2.84. The van der Waals surface area contributed by atoms with E-state index in [1.165, 1.54) is 5.56 Å². The zero-order valence-corrected chi connectivity index (χ0v) is 15.5. The van der Waals surface area contributed by atoms with E-state index >= 15 is 0 Å². The van der Waals surface area contributed by atoms with E-state index in [-0.39, 0.29) is 0 Å². The molecule has 0 saturated heterocycles. The van der Waals surface area contributed by atoms with Gasteiger partial charge in [0.05, 0.1) is 13.1 Å². The summed E-state index contributed by atoms with van der Waals surface area (Å²) in [5.74, 6) is 0. The van der Waals surface area contributed by atoms with Crippen molar-refractivity contribution in [1.29, 1.82) is 0 Å². The Morgan fingerprint density at radius 1 is 0.920 bits per heavy atom. The van der Waals surface area contributed by atoms with Crippen LogP contribution in [0.15, 0.2) is 76.0 Å². The Labute approximate surface area is 150 Å². The second kappa shape index (κ2) is 11.1. The molecule has 25 heavy (non-hydrogen) atoms. The van der Waals surface area contributed by atoms with E-state index in [4.69, 9.17) is 0 Å². The van der Waals surface area contributed by atoms with Crippen LogP contribution in [0.3, 0.4) is 0 Å². The summed E-state index contributed by atoms with van der Waals surface area (Å²) in [7, 11) is 0. The molecule has 0 bridgehead atoms. The number of benzene rings is 2. The maximum absolute atomic E-state index is 9.24. The number of hydrazone groups is 1. The highest BCUT2D eigenvalue weighted by atomic mass is 16.3. The van der Waals surface area contributed by atoms with Gasteiger partial charge in [0, 0.05) is 5.71 Å². The Kier molecular flexibility index (Phi) is 9.11. The van der Waals surface area contributed by atoms with Crippen LogP contribution >= 0.6 is 0 Å². The minimum Gasteiger partial charge on any atom is -0.368 e. The molecule has 2 rings (SSSR count). The largest absolute Gasteiger partial charge is 0.368 e. The molecule has 0 amide bonds. The molecule has 0 aliphatic carbocycles. The third-order valence-electron chi connectivity index (χ3n) is 2.84. The van der Waals surface area contributed by atoms with Crippen molar-refractivity contribution in [2.45, 2.75) is 46.5 Å². The maximum Gasteiger partial charge on any atom is 0.170 e. The lowest BCUT2D eigenvalue weighted by atomic mass is 10.2. The average molecular weight is 340 g/mol. The summed E-state index contributed by atoms with van der Waals surface area (Å²) in [6.45, 7) is 8.45. The van der Waals surface area contributed by atoms with Gasteiger partial charge in [-0.3, -0.25) is 0 Å². The molecule has 2 aromatic rings. The molecule has 0 aliphatic heterocycles. The summed E-state index contributed by atoms with van der Waals surface area (Å²) in [6.07, 6.45) is 0. The Morgan fingerprint density at radius 2 is 1.44 bits per heavy atom. The van der Waals surface area contributed by atoms with E-state index in [0.29, 0.717) is 6.54 Å². The Bertz CT molecular complexity index is 642. The van der Waals surface area contributed by atoms with Crippen molar-refractivity contribution in [2.75, 3.05) is 0 Å². The lowest BCUT2D eigenvalue weighted by Gasteiger charge is -2.07. The van der Waals surface area contributed by atoms with E-state index in [1.54, 1.807) is 13.8 Å². The van der Waals surface area contributed by atoms with Crippen molar-refractivity contribution in [3.05, 3.63) is 71.8 Å². The first-order valence-electron chi connectivity index (χ1n) is 8.29. The monoisotopic (exact) mass is 340 g/mol. The standard InChI is InChI=1S/C10H14N2O.C10H14N2/c1-10(2,13)12-11-8-9-6-4-3-5-7-9;1-9(2)12-11-8-10-6-4-3-5-7-10/h3-7,13H,8H2,1-2H3;3-7,11H,8H2,1-2H3. The maximum atomic E-state index is 9.24. The summed E-state index contributed by atoms with van der Waals surface area (Å²) in [6, 6.07) is 20.0. The van der Waals surface area contributed by atoms with Crippen LogP contribution in [0.2, 0.25) is 0 Å². The number of rotatable bonds is 6. The third kappa shape index (κ3) is 11.6. The Balaban J connectivity index is 0.000000251. The molecule has 0 fully saturated rings. The predicted molar refractivity (Wildman–Crippen MR) is 103 cm³/mol. The quantitative estimate of drug-likeness (QED) is 0.460. The first-order chi connectivity index (χ1) is 11.9. The Morgan fingerprint density at radius 3 is 1.92 bits per heavy atom. The van der Waals surface area contributed by atoms with Crippen LogP contribution in [0.25, 0.3) is 0 Å². The highest BCUT2D eigenvalue weighted by molar-refractivity contribution is 5.78. The molecule has 0 unspecified atom stereocenters. The fourth-order valence-electron chi connectivity index (χ4n) is 1.76. The van der Waals surface area contributed by atoms with Gasteiger partial charge in [0.2, 0.25) is 0 Å². The number of hydrogen-bond acceptors (Lipinski definition) is 5. The summed E-state index contributed by atoms with van der Waals surface area (Å²) in [4.78, 5) is 0.